The Labute approximate surface area is 158 Å². The molecule has 1 atom stereocenters. The summed E-state index contributed by atoms with van der Waals surface area (Å²) < 4.78 is 0. The number of hydrogen-bond acceptors (Lipinski definition) is 4. The number of aromatic amines is 1. The van der Waals surface area contributed by atoms with Crippen molar-refractivity contribution < 1.29 is 9.59 Å². The first-order valence-corrected chi connectivity index (χ1v) is 9.60. The zero-order valence-electron chi connectivity index (χ0n) is 15.3. The molecule has 0 bridgehead atoms. The van der Waals surface area contributed by atoms with E-state index in [1.165, 1.54) is 5.56 Å². The van der Waals surface area contributed by atoms with Gasteiger partial charge >= 0.3 is 0 Å². The molecule has 1 saturated heterocycles. The summed E-state index contributed by atoms with van der Waals surface area (Å²) in [6.45, 7) is 2.84. The molecule has 2 aliphatic heterocycles. The van der Waals surface area contributed by atoms with Gasteiger partial charge in [0.25, 0.3) is 5.91 Å². The van der Waals surface area contributed by atoms with Gasteiger partial charge in [0.1, 0.15) is 0 Å². The Morgan fingerprint density at radius 1 is 1.26 bits per heavy atom. The highest BCUT2D eigenvalue weighted by Crippen LogP contribution is 2.17. The van der Waals surface area contributed by atoms with Crippen molar-refractivity contribution >= 4 is 11.8 Å². The minimum atomic E-state index is -0.153. The number of carbonyl (C=O) groups is 2. The predicted octanol–water partition coefficient (Wildman–Crippen LogP) is 1.02. The Bertz CT molecular complexity index is 817. The molecule has 2 aromatic rings. The number of fused-ring (bicyclic) bond motifs is 1. The molecular weight excluding hydrogens is 342 g/mol. The Balaban J connectivity index is 1.28. The summed E-state index contributed by atoms with van der Waals surface area (Å²) >= 11 is 0. The van der Waals surface area contributed by atoms with Crippen LogP contribution >= 0.6 is 0 Å². The van der Waals surface area contributed by atoms with Gasteiger partial charge < -0.3 is 15.5 Å². The molecule has 7 heteroatoms. The van der Waals surface area contributed by atoms with E-state index in [-0.39, 0.29) is 17.9 Å². The molecule has 1 unspecified atom stereocenters. The van der Waals surface area contributed by atoms with Gasteiger partial charge in [-0.25, -0.2) is 0 Å². The largest absolute Gasteiger partial charge is 0.346 e. The molecule has 7 nitrogen and oxygen atoms in total. The van der Waals surface area contributed by atoms with Crippen molar-refractivity contribution in [3.8, 4) is 0 Å². The molecule has 27 heavy (non-hydrogen) atoms. The van der Waals surface area contributed by atoms with Gasteiger partial charge in [0.2, 0.25) is 5.91 Å². The average Bonchev–Trinajstić information content (AvgIpc) is 3.34. The van der Waals surface area contributed by atoms with E-state index < -0.39 is 0 Å². The van der Waals surface area contributed by atoms with E-state index in [1.807, 2.05) is 35.2 Å². The lowest BCUT2D eigenvalue weighted by Gasteiger charge is -2.17. The van der Waals surface area contributed by atoms with Crippen LogP contribution in [0.3, 0.4) is 0 Å². The van der Waals surface area contributed by atoms with E-state index in [4.69, 9.17) is 0 Å². The number of benzene rings is 1. The van der Waals surface area contributed by atoms with Crippen LogP contribution in [-0.2, 0) is 24.2 Å². The van der Waals surface area contributed by atoms with Crippen molar-refractivity contribution in [2.24, 2.45) is 0 Å². The molecular formula is C20H25N5O2. The average molecular weight is 367 g/mol. The van der Waals surface area contributed by atoms with E-state index in [9.17, 15) is 9.59 Å². The van der Waals surface area contributed by atoms with E-state index in [0.717, 1.165) is 37.1 Å². The monoisotopic (exact) mass is 367 g/mol. The third kappa shape index (κ3) is 4.03. The lowest BCUT2D eigenvalue weighted by atomic mass is 10.1. The number of hydrogen-bond donors (Lipinski definition) is 3. The summed E-state index contributed by atoms with van der Waals surface area (Å²) in [6, 6.07) is 10.0. The lowest BCUT2D eigenvalue weighted by molar-refractivity contribution is -0.130. The number of nitrogens with zero attached hydrogens (tertiary/aromatic N) is 2. The maximum Gasteiger partial charge on any atom is 0.272 e. The van der Waals surface area contributed by atoms with Crippen LogP contribution in [0, 0.1) is 0 Å². The first-order valence-electron chi connectivity index (χ1n) is 9.60. The Hall–Kier alpha value is -2.67. The number of rotatable bonds is 5. The molecule has 4 rings (SSSR count). The highest BCUT2D eigenvalue weighted by atomic mass is 16.2. The summed E-state index contributed by atoms with van der Waals surface area (Å²) in [6.07, 6.45) is 2.90. The van der Waals surface area contributed by atoms with Gasteiger partial charge in [-0.3, -0.25) is 14.7 Å². The molecule has 2 amide bonds. The third-order valence-corrected chi connectivity index (χ3v) is 5.37. The van der Waals surface area contributed by atoms with Gasteiger partial charge in [0, 0.05) is 56.3 Å². The fraction of sp³-hybridized carbons (Fsp3) is 0.450. The van der Waals surface area contributed by atoms with Crippen molar-refractivity contribution in [3.63, 3.8) is 0 Å². The quantitative estimate of drug-likeness (QED) is 0.736. The van der Waals surface area contributed by atoms with Crippen molar-refractivity contribution in [2.45, 2.75) is 38.3 Å². The number of likely N-dealkylation sites (tertiary alicyclic amines) is 1. The first kappa shape index (κ1) is 17.7. The molecule has 142 valence electrons. The SMILES string of the molecule is O=C(NC1CCN(C(=O)CCc2ccccc2)C1)c1n[nH]c2c1CNCC2. The molecule has 3 heterocycles. The standard InChI is InChI=1S/C20H25N5O2/c26-18(7-6-14-4-2-1-3-5-14)25-11-9-15(13-25)22-20(27)19-16-12-21-10-8-17(16)23-24-19/h1-5,15,21H,6-13H2,(H,22,27)(H,23,24). The highest BCUT2D eigenvalue weighted by molar-refractivity contribution is 5.94. The van der Waals surface area contributed by atoms with Crippen LogP contribution in [0.2, 0.25) is 0 Å². The number of H-pyrrole nitrogens is 1. The minimum absolute atomic E-state index is 0.0120. The minimum Gasteiger partial charge on any atom is -0.346 e. The summed E-state index contributed by atoms with van der Waals surface area (Å²) in [5.41, 5.74) is 3.66. The second-order valence-electron chi connectivity index (χ2n) is 7.24. The van der Waals surface area contributed by atoms with Gasteiger partial charge in [-0.15, -0.1) is 0 Å². The maximum atomic E-state index is 12.6. The zero-order valence-corrected chi connectivity index (χ0v) is 15.3. The molecule has 0 saturated carbocycles. The van der Waals surface area contributed by atoms with E-state index in [1.54, 1.807) is 0 Å². The Morgan fingerprint density at radius 2 is 2.11 bits per heavy atom. The summed E-state index contributed by atoms with van der Waals surface area (Å²) in [4.78, 5) is 26.9. The number of amides is 2. The van der Waals surface area contributed by atoms with Crippen LogP contribution < -0.4 is 10.6 Å². The van der Waals surface area contributed by atoms with Crippen LogP contribution in [0.5, 0.6) is 0 Å². The van der Waals surface area contributed by atoms with Gasteiger partial charge in [-0.05, 0) is 18.4 Å². The van der Waals surface area contributed by atoms with Gasteiger partial charge in [0.15, 0.2) is 5.69 Å². The second-order valence-corrected chi connectivity index (χ2v) is 7.24. The number of carbonyl (C=O) groups excluding carboxylic acids is 2. The van der Waals surface area contributed by atoms with Gasteiger partial charge in [0.05, 0.1) is 0 Å². The van der Waals surface area contributed by atoms with Crippen LogP contribution in [-0.4, -0.2) is 52.6 Å². The van der Waals surface area contributed by atoms with Crippen LogP contribution in [0.1, 0.15) is 40.2 Å². The molecule has 0 aliphatic carbocycles. The highest BCUT2D eigenvalue weighted by Gasteiger charge is 2.29. The van der Waals surface area contributed by atoms with Crippen LogP contribution in [0.25, 0.3) is 0 Å². The summed E-state index contributed by atoms with van der Waals surface area (Å²) in [7, 11) is 0. The number of aromatic nitrogens is 2. The van der Waals surface area contributed by atoms with Crippen molar-refractivity contribution in [1.82, 2.24) is 25.7 Å². The molecule has 1 fully saturated rings. The van der Waals surface area contributed by atoms with Crippen molar-refractivity contribution in [1.29, 1.82) is 0 Å². The fourth-order valence-electron chi connectivity index (χ4n) is 3.83. The Morgan fingerprint density at radius 3 is 2.96 bits per heavy atom. The number of nitrogens with one attached hydrogen (secondary N) is 3. The molecule has 1 aromatic heterocycles. The van der Waals surface area contributed by atoms with Crippen molar-refractivity contribution in [3.05, 3.63) is 52.8 Å². The van der Waals surface area contributed by atoms with Crippen LogP contribution in [0.15, 0.2) is 30.3 Å². The fourth-order valence-corrected chi connectivity index (χ4v) is 3.83. The molecule has 0 spiro atoms. The first-order chi connectivity index (χ1) is 13.2. The molecule has 3 N–H and O–H groups in total. The number of aryl methyl sites for hydroxylation is 1. The Kier molecular flexibility index (Phi) is 5.20. The smallest absolute Gasteiger partial charge is 0.272 e. The second kappa shape index (κ2) is 7.92. The van der Waals surface area contributed by atoms with Crippen molar-refractivity contribution in [2.75, 3.05) is 19.6 Å². The molecule has 1 aromatic carbocycles. The lowest BCUT2D eigenvalue weighted by Crippen LogP contribution is -2.39. The van der Waals surface area contributed by atoms with Crippen LogP contribution in [0.4, 0.5) is 0 Å². The molecule has 2 aliphatic rings. The third-order valence-electron chi connectivity index (χ3n) is 5.37. The van der Waals surface area contributed by atoms with Gasteiger partial charge in [-0.2, -0.15) is 5.10 Å². The van der Waals surface area contributed by atoms with E-state index in [0.29, 0.717) is 31.7 Å². The maximum absolute atomic E-state index is 12.6. The normalized spacial score (nSPS) is 19.0. The topological polar surface area (TPSA) is 90.1 Å². The van der Waals surface area contributed by atoms with E-state index in [2.05, 4.69) is 20.8 Å². The van der Waals surface area contributed by atoms with E-state index >= 15 is 0 Å². The molecule has 0 radical (unpaired) electrons. The zero-order chi connectivity index (χ0) is 18.6. The summed E-state index contributed by atoms with van der Waals surface area (Å²) in [5, 5.41) is 13.5. The van der Waals surface area contributed by atoms with Gasteiger partial charge in [-0.1, -0.05) is 30.3 Å². The predicted molar refractivity (Wildman–Crippen MR) is 101 cm³/mol. The summed E-state index contributed by atoms with van der Waals surface area (Å²) in [5.74, 6) is -0.00302.